The highest BCUT2D eigenvalue weighted by molar-refractivity contribution is 5.19. The van der Waals surface area contributed by atoms with Crippen molar-refractivity contribution in [1.82, 2.24) is 5.32 Å². The van der Waals surface area contributed by atoms with Gasteiger partial charge in [-0.3, -0.25) is 0 Å². The van der Waals surface area contributed by atoms with Crippen LogP contribution >= 0.6 is 0 Å². The number of benzene rings is 1. The van der Waals surface area contributed by atoms with Gasteiger partial charge in [-0.2, -0.15) is 0 Å². The van der Waals surface area contributed by atoms with Gasteiger partial charge in [0, 0.05) is 13.1 Å². The number of unbranched alkanes of at least 4 members (excludes halogenated alkanes) is 4. The lowest BCUT2D eigenvalue weighted by molar-refractivity contribution is 0.290. The summed E-state index contributed by atoms with van der Waals surface area (Å²) in [6, 6.07) is 10.7. The maximum Gasteiger partial charge on any atom is 0.0555 e. The first-order chi connectivity index (χ1) is 9.38. The molecule has 0 amide bonds. The second-order valence-electron chi connectivity index (χ2n) is 5.24. The van der Waals surface area contributed by atoms with E-state index in [0.717, 1.165) is 6.54 Å². The molecule has 2 heteroatoms. The second-order valence-corrected chi connectivity index (χ2v) is 5.24. The molecule has 0 bridgehead atoms. The van der Waals surface area contributed by atoms with Crippen molar-refractivity contribution in [3.05, 3.63) is 35.9 Å². The molecule has 1 rings (SSSR count). The summed E-state index contributed by atoms with van der Waals surface area (Å²) in [6.07, 6.45) is 7.92. The number of aliphatic hydroxyl groups is 1. The van der Waals surface area contributed by atoms with Gasteiger partial charge >= 0.3 is 0 Å². The molecule has 0 aliphatic rings. The van der Waals surface area contributed by atoms with E-state index in [1.54, 1.807) is 0 Å². The Morgan fingerprint density at radius 3 is 2.47 bits per heavy atom. The molecule has 1 unspecified atom stereocenters. The molecule has 1 atom stereocenters. The average Bonchev–Trinajstić information content (AvgIpc) is 2.46. The first-order valence-corrected chi connectivity index (χ1v) is 7.75. The van der Waals surface area contributed by atoms with Gasteiger partial charge in [-0.1, -0.05) is 69.4 Å². The Morgan fingerprint density at radius 2 is 1.79 bits per heavy atom. The van der Waals surface area contributed by atoms with Crippen LogP contribution in [0.5, 0.6) is 0 Å². The number of rotatable bonds is 11. The molecule has 2 N–H and O–H groups in total. The van der Waals surface area contributed by atoms with E-state index in [1.807, 2.05) is 0 Å². The first-order valence-electron chi connectivity index (χ1n) is 7.75. The number of nitrogens with one attached hydrogen (secondary N) is 1. The highest BCUT2D eigenvalue weighted by Gasteiger charge is 2.10. The van der Waals surface area contributed by atoms with E-state index in [4.69, 9.17) is 5.11 Å². The Kier molecular flexibility index (Phi) is 9.38. The van der Waals surface area contributed by atoms with Crippen LogP contribution in [0.2, 0.25) is 0 Å². The van der Waals surface area contributed by atoms with Crippen LogP contribution in [0, 0.1) is 0 Å². The fraction of sp³-hybridized carbons (Fsp3) is 0.647. The minimum absolute atomic E-state index is 0.220. The van der Waals surface area contributed by atoms with Gasteiger partial charge in [0.05, 0.1) is 6.61 Å². The van der Waals surface area contributed by atoms with Gasteiger partial charge in [0.25, 0.3) is 0 Å². The molecule has 2 nitrogen and oxygen atoms in total. The zero-order valence-electron chi connectivity index (χ0n) is 12.3. The van der Waals surface area contributed by atoms with Crippen molar-refractivity contribution in [2.24, 2.45) is 0 Å². The Hall–Kier alpha value is -0.860. The van der Waals surface area contributed by atoms with Gasteiger partial charge in [-0.25, -0.2) is 0 Å². The third-order valence-corrected chi connectivity index (χ3v) is 3.61. The summed E-state index contributed by atoms with van der Waals surface area (Å²) in [5.74, 6) is 0.578. The molecule has 0 spiro atoms. The van der Waals surface area contributed by atoms with Gasteiger partial charge in [0.15, 0.2) is 0 Å². The quantitative estimate of drug-likeness (QED) is 0.596. The van der Waals surface area contributed by atoms with Crippen molar-refractivity contribution in [1.29, 1.82) is 0 Å². The third-order valence-electron chi connectivity index (χ3n) is 3.61. The van der Waals surface area contributed by atoms with Crippen molar-refractivity contribution in [3.63, 3.8) is 0 Å². The maximum atomic E-state index is 8.86. The highest BCUT2D eigenvalue weighted by atomic mass is 16.3. The zero-order chi connectivity index (χ0) is 13.8. The summed E-state index contributed by atoms with van der Waals surface area (Å²) in [6.45, 7) is 4.14. The predicted octanol–water partition coefficient (Wildman–Crippen LogP) is 3.71. The lowest BCUT2D eigenvalue weighted by Crippen LogP contribution is -2.24. The summed E-state index contributed by atoms with van der Waals surface area (Å²) in [7, 11) is 0. The molecule has 108 valence electrons. The normalized spacial score (nSPS) is 12.5. The number of hydrogen-bond acceptors (Lipinski definition) is 2. The highest BCUT2D eigenvalue weighted by Crippen LogP contribution is 2.22. The molecular weight excluding hydrogens is 234 g/mol. The molecule has 0 aliphatic carbocycles. The predicted molar refractivity (Wildman–Crippen MR) is 82.5 cm³/mol. The summed E-state index contributed by atoms with van der Waals surface area (Å²) in [5, 5.41) is 12.2. The first kappa shape index (κ1) is 16.2. The molecule has 0 heterocycles. The standard InChI is InChI=1S/C17H29NO/c1-2-3-4-5-7-12-17(15-18-13-14-19)16-10-8-6-9-11-16/h6,8-11,17-19H,2-5,7,12-15H2,1H3. The molecule has 0 radical (unpaired) electrons. The van der Waals surface area contributed by atoms with E-state index in [-0.39, 0.29) is 6.61 Å². The molecule has 0 fully saturated rings. The van der Waals surface area contributed by atoms with E-state index in [0.29, 0.717) is 12.5 Å². The Labute approximate surface area is 118 Å². The molecule has 19 heavy (non-hydrogen) atoms. The molecule has 0 aliphatic heterocycles. The largest absolute Gasteiger partial charge is 0.395 e. The second kappa shape index (κ2) is 11.0. The van der Waals surface area contributed by atoms with Gasteiger partial charge in [-0.15, -0.1) is 0 Å². The number of hydrogen-bond donors (Lipinski definition) is 2. The van der Waals surface area contributed by atoms with Crippen molar-refractivity contribution in [2.45, 2.75) is 51.4 Å². The van der Waals surface area contributed by atoms with Crippen molar-refractivity contribution in [3.8, 4) is 0 Å². The van der Waals surface area contributed by atoms with E-state index in [9.17, 15) is 0 Å². The molecule has 1 aromatic carbocycles. The molecule has 0 aromatic heterocycles. The van der Waals surface area contributed by atoms with Crippen LogP contribution in [-0.2, 0) is 0 Å². The molecule has 1 aromatic rings. The lowest BCUT2D eigenvalue weighted by atomic mass is 9.93. The van der Waals surface area contributed by atoms with Crippen LogP contribution in [0.15, 0.2) is 30.3 Å². The molecule has 0 saturated heterocycles. The third kappa shape index (κ3) is 7.34. The Bertz CT molecular complexity index is 299. The van der Waals surface area contributed by atoms with Crippen molar-refractivity contribution >= 4 is 0 Å². The zero-order valence-corrected chi connectivity index (χ0v) is 12.3. The average molecular weight is 263 g/mol. The van der Waals surface area contributed by atoms with Crippen LogP contribution in [0.1, 0.15) is 56.9 Å². The van der Waals surface area contributed by atoms with Gasteiger partial charge in [0.2, 0.25) is 0 Å². The van der Waals surface area contributed by atoms with Gasteiger partial charge < -0.3 is 10.4 Å². The topological polar surface area (TPSA) is 32.3 Å². The fourth-order valence-electron chi connectivity index (χ4n) is 2.46. The van der Waals surface area contributed by atoms with E-state index < -0.39 is 0 Å². The summed E-state index contributed by atoms with van der Waals surface area (Å²) >= 11 is 0. The van der Waals surface area contributed by atoms with Crippen molar-refractivity contribution in [2.75, 3.05) is 19.7 Å². The summed E-state index contributed by atoms with van der Waals surface area (Å²) in [5.41, 5.74) is 1.42. The number of aliphatic hydroxyl groups excluding tert-OH is 1. The molecular formula is C17H29NO. The molecule has 0 saturated carbocycles. The fourth-order valence-corrected chi connectivity index (χ4v) is 2.46. The van der Waals surface area contributed by atoms with Crippen LogP contribution in [-0.4, -0.2) is 24.8 Å². The summed E-state index contributed by atoms with van der Waals surface area (Å²) in [4.78, 5) is 0. The minimum Gasteiger partial charge on any atom is -0.395 e. The summed E-state index contributed by atoms with van der Waals surface area (Å²) < 4.78 is 0. The van der Waals surface area contributed by atoms with Crippen LogP contribution in [0.4, 0.5) is 0 Å². The smallest absolute Gasteiger partial charge is 0.0555 e. The van der Waals surface area contributed by atoms with Gasteiger partial charge in [0.1, 0.15) is 0 Å². The Morgan fingerprint density at radius 1 is 1.05 bits per heavy atom. The van der Waals surface area contributed by atoms with E-state index >= 15 is 0 Å². The Balaban J connectivity index is 2.36. The van der Waals surface area contributed by atoms with Crippen LogP contribution < -0.4 is 5.32 Å². The SMILES string of the molecule is CCCCCCCC(CNCCO)c1ccccc1. The van der Waals surface area contributed by atoms with Gasteiger partial charge in [-0.05, 0) is 17.9 Å². The van der Waals surface area contributed by atoms with E-state index in [2.05, 4.69) is 42.6 Å². The van der Waals surface area contributed by atoms with Crippen molar-refractivity contribution < 1.29 is 5.11 Å². The lowest BCUT2D eigenvalue weighted by Gasteiger charge is -2.18. The maximum absolute atomic E-state index is 8.86. The van der Waals surface area contributed by atoms with Crippen LogP contribution in [0.25, 0.3) is 0 Å². The monoisotopic (exact) mass is 263 g/mol. The van der Waals surface area contributed by atoms with E-state index in [1.165, 1.54) is 44.1 Å². The van der Waals surface area contributed by atoms with Crippen LogP contribution in [0.3, 0.4) is 0 Å². The minimum atomic E-state index is 0.220.